The summed E-state index contributed by atoms with van der Waals surface area (Å²) >= 11 is 0. The van der Waals surface area contributed by atoms with Gasteiger partial charge in [0.1, 0.15) is 5.78 Å². The molecule has 0 spiro atoms. The van der Waals surface area contributed by atoms with Crippen LogP contribution in [-0.4, -0.2) is 17.3 Å². The first-order valence-electron chi connectivity index (χ1n) is 6.88. The van der Waals surface area contributed by atoms with Gasteiger partial charge in [-0.1, -0.05) is 43.2 Å². The minimum Gasteiger partial charge on any atom is -0.299 e. The summed E-state index contributed by atoms with van der Waals surface area (Å²) in [5.74, 6) is -0.259. The smallest absolute Gasteiger partial charge is 0.211 e. The quantitative estimate of drug-likeness (QED) is 0.475. The molecule has 4 nitrogen and oxygen atoms in total. The Morgan fingerprint density at radius 3 is 2.63 bits per heavy atom. The van der Waals surface area contributed by atoms with Crippen LogP contribution in [-0.2, 0) is 4.79 Å². The maximum absolute atomic E-state index is 12.2. The average Bonchev–Trinajstić information content (AvgIpc) is 2.62. The summed E-state index contributed by atoms with van der Waals surface area (Å²) in [6, 6.07) is 9.44. The zero-order valence-electron chi connectivity index (χ0n) is 11.0. The van der Waals surface area contributed by atoms with E-state index in [1.165, 1.54) is 0 Å². The fourth-order valence-corrected chi connectivity index (χ4v) is 2.94. The van der Waals surface area contributed by atoms with Gasteiger partial charge in [0.2, 0.25) is 6.54 Å². The van der Waals surface area contributed by atoms with Gasteiger partial charge in [-0.25, -0.2) is 0 Å². The Balaban J connectivity index is 2.25. The Morgan fingerprint density at radius 1 is 1.21 bits per heavy atom. The minimum absolute atomic E-state index is 0.152. The number of Topliss-reactive ketones (excluding diaryl/α,β-unsaturated/α-hetero) is 1. The van der Waals surface area contributed by atoms with Gasteiger partial charge in [0, 0.05) is 17.3 Å². The molecule has 102 valence electrons. The van der Waals surface area contributed by atoms with Gasteiger partial charge >= 0.3 is 0 Å². The van der Waals surface area contributed by atoms with E-state index in [9.17, 15) is 14.9 Å². The Hall–Kier alpha value is -1.71. The monoisotopic (exact) mass is 261 g/mol. The van der Waals surface area contributed by atoms with Crippen molar-refractivity contribution in [3.8, 4) is 0 Å². The van der Waals surface area contributed by atoms with E-state index in [0.29, 0.717) is 6.42 Å². The third-order valence-corrected chi connectivity index (χ3v) is 3.91. The standard InChI is InChI=1S/C15H19NO3/c17-15-10-6-2-5-9-13(15)14(11-16(18)19)12-7-3-1-4-8-12/h1,3-4,7-8,13-14H,2,5-6,9-11H2/t13-,14-/m1/s1. The molecule has 1 aromatic carbocycles. The minimum atomic E-state index is -0.296. The van der Waals surface area contributed by atoms with Crippen LogP contribution in [0.5, 0.6) is 0 Å². The highest BCUT2D eigenvalue weighted by Gasteiger charge is 2.33. The van der Waals surface area contributed by atoms with Crippen LogP contribution < -0.4 is 0 Å². The molecule has 1 saturated carbocycles. The first-order valence-corrected chi connectivity index (χ1v) is 6.88. The first kappa shape index (κ1) is 13.7. The topological polar surface area (TPSA) is 60.2 Å². The predicted octanol–water partition coefficient (Wildman–Crippen LogP) is 3.20. The van der Waals surface area contributed by atoms with Crippen LogP contribution in [0.15, 0.2) is 30.3 Å². The third kappa shape index (κ3) is 3.63. The molecule has 1 aliphatic rings. The van der Waals surface area contributed by atoms with E-state index in [-0.39, 0.29) is 29.1 Å². The SMILES string of the molecule is O=C1CCCCC[C@@H]1[C@H](C[N+](=O)[O-])c1ccccc1. The van der Waals surface area contributed by atoms with Gasteiger partial charge in [-0.3, -0.25) is 14.9 Å². The van der Waals surface area contributed by atoms with E-state index in [4.69, 9.17) is 0 Å². The number of carbonyl (C=O) groups is 1. The molecule has 0 unspecified atom stereocenters. The molecule has 0 saturated heterocycles. The molecule has 2 rings (SSSR count). The number of nitrogens with zero attached hydrogens (tertiary/aromatic N) is 1. The molecule has 1 aromatic rings. The van der Waals surface area contributed by atoms with Gasteiger partial charge in [-0.2, -0.15) is 0 Å². The number of ketones is 1. The summed E-state index contributed by atoms with van der Waals surface area (Å²) in [5.41, 5.74) is 0.916. The van der Waals surface area contributed by atoms with E-state index < -0.39 is 0 Å². The number of hydrogen-bond acceptors (Lipinski definition) is 3. The van der Waals surface area contributed by atoms with Crippen LogP contribution in [0, 0.1) is 16.0 Å². The predicted molar refractivity (Wildman–Crippen MR) is 72.6 cm³/mol. The van der Waals surface area contributed by atoms with Crippen LogP contribution in [0.1, 0.15) is 43.6 Å². The average molecular weight is 261 g/mol. The van der Waals surface area contributed by atoms with Crippen molar-refractivity contribution >= 4 is 5.78 Å². The lowest BCUT2D eigenvalue weighted by atomic mass is 9.80. The Bertz CT molecular complexity index is 444. The van der Waals surface area contributed by atoms with Gasteiger partial charge in [0.25, 0.3) is 0 Å². The van der Waals surface area contributed by atoms with Crippen molar-refractivity contribution in [1.29, 1.82) is 0 Å². The molecule has 0 aromatic heterocycles. The number of rotatable bonds is 4. The summed E-state index contributed by atoms with van der Waals surface area (Å²) in [7, 11) is 0. The summed E-state index contributed by atoms with van der Waals surface area (Å²) < 4.78 is 0. The van der Waals surface area contributed by atoms with Crippen molar-refractivity contribution in [2.75, 3.05) is 6.54 Å². The molecular formula is C15H19NO3. The summed E-state index contributed by atoms with van der Waals surface area (Å²) in [6.45, 7) is -0.152. The molecule has 0 amide bonds. The Labute approximate surface area is 113 Å². The maximum atomic E-state index is 12.2. The fourth-order valence-electron chi connectivity index (χ4n) is 2.94. The molecular weight excluding hydrogens is 242 g/mol. The highest BCUT2D eigenvalue weighted by atomic mass is 16.6. The maximum Gasteiger partial charge on any atom is 0.211 e. The number of hydrogen-bond donors (Lipinski definition) is 0. The normalized spacial score (nSPS) is 21.7. The summed E-state index contributed by atoms with van der Waals surface area (Å²) in [5, 5.41) is 10.9. The second-order valence-corrected chi connectivity index (χ2v) is 5.20. The van der Waals surface area contributed by atoms with Crippen LogP contribution in [0.4, 0.5) is 0 Å². The first-order chi connectivity index (χ1) is 9.18. The molecule has 0 heterocycles. The van der Waals surface area contributed by atoms with Gasteiger partial charge in [-0.15, -0.1) is 0 Å². The fraction of sp³-hybridized carbons (Fsp3) is 0.533. The lowest BCUT2D eigenvalue weighted by molar-refractivity contribution is -0.484. The van der Waals surface area contributed by atoms with Crippen LogP contribution in [0.25, 0.3) is 0 Å². The highest BCUT2D eigenvalue weighted by molar-refractivity contribution is 5.82. The highest BCUT2D eigenvalue weighted by Crippen LogP contribution is 2.33. The van der Waals surface area contributed by atoms with Crippen molar-refractivity contribution < 1.29 is 9.72 Å². The number of nitro groups is 1. The zero-order chi connectivity index (χ0) is 13.7. The van der Waals surface area contributed by atoms with Crippen molar-refractivity contribution in [2.24, 2.45) is 5.92 Å². The molecule has 0 bridgehead atoms. The molecule has 0 radical (unpaired) electrons. The molecule has 2 atom stereocenters. The van der Waals surface area contributed by atoms with E-state index >= 15 is 0 Å². The van der Waals surface area contributed by atoms with Gasteiger partial charge < -0.3 is 0 Å². The number of carbonyl (C=O) groups excluding carboxylic acids is 1. The molecule has 1 aliphatic carbocycles. The largest absolute Gasteiger partial charge is 0.299 e. The third-order valence-electron chi connectivity index (χ3n) is 3.91. The van der Waals surface area contributed by atoms with Crippen molar-refractivity contribution in [1.82, 2.24) is 0 Å². The van der Waals surface area contributed by atoms with Crippen molar-refractivity contribution in [2.45, 2.75) is 38.0 Å². The van der Waals surface area contributed by atoms with E-state index in [1.54, 1.807) is 0 Å². The lowest BCUT2D eigenvalue weighted by Crippen LogP contribution is -2.27. The van der Waals surface area contributed by atoms with E-state index in [1.807, 2.05) is 30.3 Å². The van der Waals surface area contributed by atoms with E-state index in [2.05, 4.69) is 0 Å². The molecule has 0 aliphatic heterocycles. The second-order valence-electron chi connectivity index (χ2n) is 5.20. The lowest BCUT2D eigenvalue weighted by Gasteiger charge is -2.22. The molecule has 0 N–H and O–H groups in total. The van der Waals surface area contributed by atoms with E-state index in [0.717, 1.165) is 31.2 Å². The van der Waals surface area contributed by atoms with Crippen molar-refractivity contribution in [3.05, 3.63) is 46.0 Å². The summed E-state index contributed by atoms with van der Waals surface area (Å²) in [6.07, 6.45) is 4.34. The Morgan fingerprint density at radius 2 is 1.95 bits per heavy atom. The van der Waals surface area contributed by atoms with Gasteiger partial charge in [0.15, 0.2) is 0 Å². The molecule has 4 heteroatoms. The molecule has 19 heavy (non-hydrogen) atoms. The van der Waals surface area contributed by atoms with Crippen molar-refractivity contribution in [3.63, 3.8) is 0 Å². The van der Waals surface area contributed by atoms with Crippen LogP contribution in [0.3, 0.4) is 0 Å². The van der Waals surface area contributed by atoms with Gasteiger partial charge in [-0.05, 0) is 18.4 Å². The van der Waals surface area contributed by atoms with Crippen LogP contribution in [0.2, 0.25) is 0 Å². The number of benzene rings is 1. The molecule has 1 fully saturated rings. The Kier molecular flexibility index (Phi) is 4.66. The van der Waals surface area contributed by atoms with Gasteiger partial charge in [0.05, 0.1) is 5.92 Å². The summed E-state index contributed by atoms with van der Waals surface area (Å²) in [4.78, 5) is 22.8. The second kappa shape index (κ2) is 6.45. The zero-order valence-corrected chi connectivity index (χ0v) is 11.0. The van der Waals surface area contributed by atoms with Crippen LogP contribution >= 0.6 is 0 Å².